The second-order valence-corrected chi connectivity index (χ2v) is 6.26. The highest BCUT2D eigenvalue weighted by molar-refractivity contribution is 6.18. The number of hydrogen-bond donors (Lipinski definition) is 0. The van der Waals surface area contributed by atoms with E-state index in [0.717, 1.165) is 28.0 Å². The topological polar surface area (TPSA) is 21.7 Å². The van der Waals surface area contributed by atoms with Crippen molar-refractivity contribution in [3.8, 4) is 0 Å². The maximum atomic E-state index is 6.08. The van der Waals surface area contributed by atoms with Gasteiger partial charge in [-0.3, -0.25) is 0 Å². The fourth-order valence-corrected chi connectivity index (χ4v) is 3.65. The lowest BCUT2D eigenvalue weighted by Gasteiger charge is -2.30. The zero-order valence-electron chi connectivity index (χ0n) is 14.3. The lowest BCUT2D eigenvalue weighted by atomic mass is 9.93. The lowest BCUT2D eigenvalue weighted by molar-refractivity contribution is -0.0109. The van der Waals surface area contributed by atoms with Crippen LogP contribution < -0.4 is 5.23 Å². The monoisotopic (exact) mass is 339 g/mol. The molecule has 3 heteroatoms. The summed E-state index contributed by atoms with van der Waals surface area (Å²) in [6.07, 6.45) is 2.11. The third kappa shape index (κ3) is 2.18. The van der Waals surface area contributed by atoms with Crippen LogP contribution in [-0.4, -0.2) is 7.11 Å². The van der Waals surface area contributed by atoms with Crippen molar-refractivity contribution in [2.24, 2.45) is 0 Å². The van der Waals surface area contributed by atoms with Gasteiger partial charge in [0.25, 0.3) is 0 Å². The molecule has 126 valence electrons. The Bertz CT molecular complexity index is 1150. The molecular weight excluding hydrogens is 322 g/mol. The molecule has 1 aliphatic heterocycles. The van der Waals surface area contributed by atoms with Crippen LogP contribution in [0, 0.1) is 0 Å². The number of benzene rings is 4. The third-order valence-corrected chi connectivity index (χ3v) is 4.81. The summed E-state index contributed by atoms with van der Waals surface area (Å²) in [7, 11) is 1.63. The van der Waals surface area contributed by atoms with Crippen molar-refractivity contribution in [2.45, 2.75) is 0 Å². The lowest BCUT2D eigenvalue weighted by Crippen LogP contribution is -2.25. The molecule has 0 saturated carbocycles. The van der Waals surface area contributed by atoms with E-state index >= 15 is 0 Å². The molecule has 0 unspecified atom stereocenters. The fourth-order valence-electron chi connectivity index (χ4n) is 3.65. The standard InChI is InChI=1S/C23H17NO2/c1-25-24-23-20-14-8-7-12-18(20)17-11-5-6-13-19(17)21(23)15-22(26-24)16-9-3-2-4-10-16/h2-15H,1H3. The van der Waals surface area contributed by atoms with Gasteiger partial charge in [0.05, 0.1) is 7.11 Å². The van der Waals surface area contributed by atoms with Crippen molar-refractivity contribution in [1.82, 2.24) is 0 Å². The predicted octanol–water partition coefficient (Wildman–Crippen LogP) is 5.80. The average Bonchev–Trinajstić information content (AvgIpc) is 2.73. The third-order valence-electron chi connectivity index (χ3n) is 4.81. The summed E-state index contributed by atoms with van der Waals surface area (Å²) in [5.41, 5.74) is 3.05. The molecule has 0 N–H and O–H groups in total. The summed E-state index contributed by atoms with van der Waals surface area (Å²) in [4.78, 5) is 11.7. The molecular formula is C23H17NO2. The number of anilines is 1. The Hall–Kier alpha value is -3.30. The van der Waals surface area contributed by atoms with Crippen LogP contribution in [0.4, 0.5) is 5.69 Å². The molecule has 3 nitrogen and oxygen atoms in total. The van der Waals surface area contributed by atoms with Crippen LogP contribution >= 0.6 is 0 Å². The molecule has 0 amide bonds. The van der Waals surface area contributed by atoms with E-state index in [1.807, 2.05) is 36.4 Å². The van der Waals surface area contributed by atoms with Crippen molar-refractivity contribution >= 4 is 39.1 Å². The van der Waals surface area contributed by atoms with Crippen molar-refractivity contribution < 1.29 is 9.68 Å². The van der Waals surface area contributed by atoms with Gasteiger partial charge in [0.15, 0.2) is 5.76 Å². The molecule has 1 aliphatic rings. The van der Waals surface area contributed by atoms with Gasteiger partial charge in [0, 0.05) is 16.5 Å². The van der Waals surface area contributed by atoms with Crippen LogP contribution in [0.1, 0.15) is 11.1 Å². The van der Waals surface area contributed by atoms with Gasteiger partial charge in [-0.15, -0.1) is 0 Å². The number of fused-ring (bicyclic) bond motifs is 6. The van der Waals surface area contributed by atoms with E-state index in [0.29, 0.717) is 0 Å². The Morgan fingerprint density at radius 3 is 1.96 bits per heavy atom. The molecule has 0 spiro atoms. The van der Waals surface area contributed by atoms with Crippen LogP contribution in [0.15, 0.2) is 78.9 Å². The highest BCUT2D eigenvalue weighted by atomic mass is 16.9. The number of hydrogen-bond acceptors (Lipinski definition) is 3. The smallest absolute Gasteiger partial charge is 0.166 e. The van der Waals surface area contributed by atoms with Gasteiger partial charge < -0.3 is 4.84 Å². The van der Waals surface area contributed by atoms with E-state index in [-0.39, 0.29) is 0 Å². The Morgan fingerprint density at radius 1 is 0.692 bits per heavy atom. The Balaban J connectivity index is 1.90. The molecule has 0 fully saturated rings. The zero-order valence-corrected chi connectivity index (χ0v) is 14.3. The first-order chi connectivity index (χ1) is 12.9. The first-order valence-corrected chi connectivity index (χ1v) is 8.59. The van der Waals surface area contributed by atoms with Gasteiger partial charge in [0.2, 0.25) is 0 Å². The van der Waals surface area contributed by atoms with E-state index in [4.69, 9.17) is 9.68 Å². The highest BCUT2D eigenvalue weighted by Crippen LogP contribution is 2.44. The molecule has 0 atom stereocenters. The molecule has 26 heavy (non-hydrogen) atoms. The minimum Gasteiger partial charge on any atom is -0.353 e. The van der Waals surface area contributed by atoms with Crippen LogP contribution in [0.5, 0.6) is 0 Å². The number of nitrogens with zero attached hydrogens (tertiary/aromatic N) is 1. The van der Waals surface area contributed by atoms with Crippen LogP contribution in [0.2, 0.25) is 0 Å². The molecule has 4 aromatic carbocycles. The van der Waals surface area contributed by atoms with Crippen molar-refractivity contribution in [3.05, 3.63) is 90.0 Å². The molecule has 0 aliphatic carbocycles. The highest BCUT2D eigenvalue weighted by Gasteiger charge is 2.25. The first kappa shape index (κ1) is 15.0. The Labute approximate surface area is 151 Å². The van der Waals surface area contributed by atoms with Crippen LogP contribution in [-0.2, 0) is 9.68 Å². The summed E-state index contributed by atoms with van der Waals surface area (Å²) < 4.78 is 0. The van der Waals surface area contributed by atoms with Gasteiger partial charge in [-0.05, 0) is 22.2 Å². The number of rotatable bonds is 2. The molecule has 0 radical (unpaired) electrons. The van der Waals surface area contributed by atoms with Gasteiger partial charge in [-0.25, -0.2) is 4.84 Å². The molecule has 4 aromatic rings. The summed E-state index contributed by atoms with van der Waals surface area (Å²) in [6.45, 7) is 0. The molecule has 0 bridgehead atoms. The predicted molar refractivity (Wildman–Crippen MR) is 106 cm³/mol. The van der Waals surface area contributed by atoms with Crippen LogP contribution in [0.3, 0.4) is 0 Å². The van der Waals surface area contributed by atoms with E-state index in [1.165, 1.54) is 21.4 Å². The zero-order chi connectivity index (χ0) is 17.5. The molecule has 1 heterocycles. The van der Waals surface area contributed by atoms with Crippen molar-refractivity contribution in [1.29, 1.82) is 0 Å². The largest absolute Gasteiger partial charge is 0.353 e. The van der Waals surface area contributed by atoms with Gasteiger partial charge in [-0.1, -0.05) is 84.1 Å². The SMILES string of the molecule is CON1OC(c2ccccc2)=Cc2c1c1ccccc1c1ccccc21. The normalized spacial score (nSPS) is 13.4. The van der Waals surface area contributed by atoms with Gasteiger partial charge in [0.1, 0.15) is 5.69 Å². The van der Waals surface area contributed by atoms with E-state index in [2.05, 4.69) is 48.5 Å². The Morgan fingerprint density at radius 2 is 1.27 bits per heavy atom. The molecule has 0 saturated heterocycles. The second-order valence-electron chi connectivity index (χ2n) is 6.26. The molecule has 5 rings (SSSR count). The van der Waals surface area contributed by atoms with Gasteiger partial charge in [-0.2, -0.15) is 0 Å². The first-order valence-electron chi connectivity index (χ1n) is 8.59. The minimum absolute atomic E-state index is 0.764. The maximum absolute atomic E-state index is 6.08. The second kappa shape index (κ2) is 5.90. The van der Waals surface area contributed by atoms with Crippen LogP contribution in [0.25, 0.3) is 33.4 Å². The Kier molecular flexibility index (Phi) is 3.40. The summed E-state index contributed by atoms with van der Waals surface area (Å²) in [5, 5.41) is 6.21. The molecule has 0 aromatic heterocycles. The van der Waals surface area contributed by atoms with E-state index in [9.17, 15) is 0 Å². The quantitative estimate of drug-likeness (QED) is 0.431. The van der Waals surface area contributed by atoms with Gasteiger partial charge >= 0.3 is 0 Å². The van der Waals surface area contributed by atoms with E-state index < -0.39 is 0 Å². The van der Waals surface area contributed by atoms with Crippen molar-refractivity contribution in [3.63, 3.8) is 0 Å². The van der Waals surface area contributed by atoms with Crippen molar-refractivity contribution in [2.75, 3.05) is 12.3 Å². The fraction of sp³-hybridized carbons (Fsp3) is 0.0435. The maximum Gasteiger partial charge on any atom is 0.166 e. The van der Waals surface area contributed by atoms with E-state index in [1.54, 1.807) is 7.11 Å². The summed E-state index contributed by atoms with van der Waals surface area (Å²) >= 11 is 0. The minimum atomic E-state index is 0.764. The summed E-state index contributed by atoms with van der Waals surface area (Å²) in [5.74, 6) is 0.764. The summed E-state index contributed by atoms with van der Waals surface area (Å²) in [6, 6.07) is 26.9. The average molecular weight is 339 g/mol.